The first-order valence-electron chi connectivity index (χ1n) is 13.9. The van der Waals surface area contributed by atoms with Gasteiger partial charge in [0.25, 0.3) is 0 Å². The minimum Gasteiger partial charge on any atom is -0.508 e. The molecular weight excluding hydrogens is 482 g/mol. The molecule has 0 bridgehead atoms. The predicted octanol–water partition coefficient (Wildman–Crippen LogP) is 2.63. The maximum absolute atomic E-state index is 14.0. The highest BCUT2D eigenvalue weighted by Crippen LogP contribution is 2.31. The second-order valence-electron chi connectivity index (χ2n) is 10.6. The van der Waals surface area contributed by atoms with Gasteiger partial charge in [-0.3, -0.25) is 9.59 Å². The molecule has 2 aliphatic rings. The van der Waals surface area contributed by atoms with E-state index in [1.807, 2.05) is 13.8 Å². The van der Waals surface area contributed by atoms with E-state index in [0.29, 0.717) is 25.9 Å². The summed E-state index contributed by atoms with van der Waals surface area (Å²) < 4.78 is 0. The molecule has 38 heavy (non-hydrogen) atoms. The SMILES string of the molecule is Cc1cc(O)cc(C)c1C[C@H](NC(CN)=C1CCC1)C(=O)NC(CCCCN)C(NCC(=O)O)=C1CCC1. The Bertz CT molecular complexity index is 1030. The molecule has 1 aromatic rings. The summed E-state index contributed by atoms with van der Waals surface area (Å²) in [6.45, 7) is 4.58. The highest BCUT2D eigenvalue weighted by atomic mass is 16.4. The number of amides is 1. The van der Waals surface area contributed by atoms with Crippen molar-refractivity contribution < 1.29 is 19.8 Å². The third kappa shape index (κ3) is 7.98. The van der Waals surface area contributed by atoms with Crippen LogP contribution in [0.2, 0.25) is 0 Å². The van der Waals surface area contributed by atoms with Crippen molar-refractivity contribution in [3.8, 4) is 5.75 Å². The number of hydrogen-bond acceptors (Lipinski definition) is 7. The molecular formula is C29H45N5O4. The van der Waals surface area contributed by atoms with Gasteiger partial charge in [0, 0.05) is 24.4 Å². The number of phenols is 1. The molecule has 210 valence electrons. The smallest absolute Gasteiger partial charge is 0.322 e. The third-order valence-electron chi connectivity index (χ3n) is 7.72. The lowest BCUT2D eigenvalue weighted by Crippen LogP contribution is -2.52. The van der Waals surface area contributed by atoms with Gasteiger partial charge in [-0.1, -0.05) is 0 Å². The van der Waals surface area contributed by atoms with Crippen molar-refractivity contribution in [2.75, 3.05) is 19.6 Å². The minimum atomic E-state index is -0.938. The lowest BCUT2D eigenvalue weighted by molar-refractivity contribution is -0.135. The first-order valence-corrected chi connectivity index (χ1v) is 13.9. The zero-order valence-electron chi connectivity index (χ0n) is 22.9. The van der Waals surface area contributed by atoms with Crippen LogP contribution in [-0.2, 0) is 16.0 Å². The van der Waals surface area contributed by atoms with Gasteiger partial charge >= 0.3 is 5.97 Å². The van der Waals surface area contributed by atoms with Crippen LogP contribution in [0.1, 0.15) is 74.5 Å². The predicted molar refractivity (Wildman–Crippen MR) is 149 cm³/mol. The average molecular weight is 528 g/mol. The van der Waals surface area contributed by atoms with Crippen LogP contribution in [0.25, 0.3) is 0 Å². The summed E-state index contributed by atoms with van der Waals surface area (Å²) in [4.78, 5) is 25.3. The largest absolute Gasteiger partial charge is 0.508 e. The van der Waals surface area contributed by atoms with Crippen molar-refractivity contribution in [1.82, 2.24) is 16.0 Å². The summed E-state index contributed by atoms with van der Waals surface area (Å²) in [6, 6.07) is 2.53. The molecule has 2 aliphatic carbocycles. The van der Waals surface area contributed by atoms with Gasteiger partial charge < -0.3 is 37.6 Å². The molecule has 2 fully saturated rings. The third-order valence-corrected chi connectivity index (χ3v) is 7.72. The van der Waals surface area contributed by atoms with Crippen molar-refractivity contribution in [3.63, 3.8) is 0 Å². The Labute approximate surface area is 226 Å². The molecule has 0 saturated heterocycles. The summed E-state index contributed by atoms with van der Waals surface area (Å²) in [5.74, 6) is -0.889. The van der Waals surface area contributed by atoms with Crippen molar-refractivity contribution in [3.05, 3.63) is 51.4 Å². The summed E-state index contributed by atoms with van der Waals surface area (Å²) in [6.07, 6.45) is 8.73. The first-order chi connectivity index (χ1) is 18.2. The summed E-state index contributed by atoms with van der Waals surface area (Å²) in [7, 11) is 0. The lowest BCUT2D eigenvalue weighted by atomic mass is 9.87. The molecule has 0 heterocycles. The van der Waals surface area contributed by atoms with E-state index in [0.717, 1.165) is 79.5 Å². The number of nitrogens with one attached hydrogen (secondary N) is 3. The quantitative estimate of drug-likeness (QED) is 0.171. The normalized spacial score (nSPS) is 16.1. The number of benzene rings is 1. The lowest BCUT2D eigenvalue weighted by Gasteiger charge is -2.32. The molecule has 9 heteroatoms. The molecule has 3 rings (SSSR count). The highest BCUT2D eigenvalue weighted by molar-refractivity contribution is 5.83. The molecule has 1 aromatic carbocycles. The Morgan fingerprint density at radius 2 is 1.58 bits per heavy atom. The molecule has 2 saturated carbocycles. The van der Waals surface area contributed by atoms with Gasteiger partial charge in [-0.05, 0) is 118 Å². The van der Waals surface area contributed by atoms with Crippen LogP contribution in [0.3, 0.4) is 0 Å². The van der Waals surface area contributed by atoms with E-state index in [1.54, 1.807) is 12.1 Å². The van der Waals surface area contributed by atoms with Crippen LogP contribution in [0, 0.1) is 13.8 Å². The Balaban J connectivity index is 1.90. The first kappa shape index (κ1) is 29.5. The Kier molecular flexibility index (Phi) is 11.0. The molecule has 0 aliphatic heterocycles. The number of carboxylic acids is 1. The second kappa shape index (κ2) is 14.2. The number of aliphatic carboxylic acids is 1. The Hall–Kier alpha value is -3.04. The average Bonchev–Trinajstić information content (AvgIpc) is 2.79. The van der Waals surface area contributed by atoms with Gasteiger partial charge in [0.2, 0.25) is 5.91 Å². The fraction of sp³-hybridized carbons (Fsp3) is 0.586. The number of rotatable bonds is 15. The highest BCUT2D eigenvalue weighted by Gasteiger charge is 2.29. The maximum atomic E-state index is 14.0. The van der Waals surface area contributed by atoms with Gasteiger partial charge in [0.1, 0.15) is 18.3 Å². The standard InChI is InChI=1S/C29H45N5O4/c1-18-13-22(35)14-19(2)23(18)15-25(33-26(16-31)20-7-5-8-20)29(38)34-24(11-3-4-12-30)28(21-9-6-10-21)32-17-27(36)37/h13-14,24-25,32-33,35H,3-12,15-17,30-31H2,1-2H3,(H,34,38)(H,36,37)/t24?,25-/m0/s1. The van der Waals surface area contributed by atoms with Crippen LogP contribution >= 0.6 is 0 Å². The van der Waals surface area contributed by atoms with E-state index < -0.39 is 12.0 Å². The molecule has 1 amide bonds. The molecule has 0 aromatic heterocycles. The van der Waals surface area contributed by atoms with E-state index >= 15 is 0 Å². The summed E-state index contributed by atoms with van der Waals surface area (Å²) >= 11 is 0. The van der Waals surface area contributed by atoms with Crippen LogP contribution in [0.15, 0.2) is 34.7 Å². The van der Waals surface area contributed by atoms with Crippen LogP contribution in [0.4, 0.5) is 0 Å². The van der Waals surface area contributed by atoms with E-state index in [9.17, 15) is 19.8 Å². The summed E-state index contributed by atoms with van der Waals surface area (Å²) in [5, 5.41) is 29.2. The topological polar surface area (TPSA) is 163 Å². The van der Waals surface area contributed by atoms with Gasteiger partial charge in [-0.15, -0.1) is 0 Å². The van der Waals surface area contributed by atoms with E-state index in [2.05, 4.69) is 16.0 Å². The fourth-order valence-electron chi connectivity index (χ4n) is 5.22. The number of unbranched alkanes of at least 4 members (excludes halogenated alkanes) is 1. The number of nitrogens with two attached hydrogens (primary N) is 2. The summed E-state index contributed by atoms with van der Waals surface area (Å²) in [5.41, 5.74) is 18.9. The monoisotopic (exact) mass is 527 g/mol. The number of carbonyl (C=O) groups excluding carboxylic acids is 1. The van der Waals surface area contributed by atoms with Gasteiger partial charge in [-0.2, -0.15) is 0 Å². The zero-order valence-corrected chi connectivity index (χ0v) is 22.9. The van der Waals surface area contributed by atoms with Crippen molar-refractivity contribution in [1.29, 1.82) is 0 Å². The minimum absolute atomic E-state index is 0.157. The fourth-order valence-corrected chi connectivity index (χ4v) is 5.22. The van der Waals surface area contributed by atoms with Gasteiger partial charge in [-0.25, -0.2) is 0 Å². The number of allylic oxidation sites excluding steroid dienone is 2. The number of aryl methyl sites for hydroxylation is 2. The molecule has 2 atom stereocenters. The Morgan fingerprint density at radius 1 is 0.947 bits per heavy atom. The number of aromatic hydroxyl groups is 1. The van der Waals surface area contributed by atoms with E-state index in [1.165, 1.54) is 11.1 Å². The van der Waals surface area contributed by atoms with E-state index in [-0.39, 0.29) is 24.2 Å². The molecule has 9 nitrogen and oxygen atoms in total. The van der Waals surface area contributed by atoms with Crippen molar-refractivity contribution >= 4 is 11.9 Å². The number of carbonyl (C=O) groups is 2. The van der Waals surface area contributed by atoms with Gasteiger partial charge in [0.15, 0.2) is 0 Å². The zero-order chi connectivity index (χ0) is 27.7. The molecule has 9 N–H and O–H groups in total. The van der Waals surface area contributed by atoms with Crippen LogP contribution in [0.5, 0.6) is 5.75 Å². The number of hydrogen-bond donors (Lipinski definition) is 7. The van der Waals surface area contributed by atoms with Crippen LogP contribution in [-0.4, -0.2) is 53.8 Å². The molecule has 0 spiro atoms. The maximum Gasteiger partial charge on any atom is 0.322 e. The second-order valence-corrected chi connectivity index (χ2v) is 10.6. The van der Waals surface area contributed by atoms with Gasteiger partial charge in [0.05, 0.1) is 6.04 Å². The van der Waals surface area contributed by atoms with E-state index in [4.69, 9.17) is 11.5 Å². The number of carboxylic acid groups (broad SMARTS) is 1. The molecule has 1 unspecified atom stereocenters. The van der Waals surface area contributed by atoms with Crippen LogP contribution < -0.4 is 27.4 Å². The number of phenolic OH excluding ortho intramolecular Hbond substituents is 1. The molecule has 0 radical (unpaired) electrons. The van der Waals surface area contributed by atoms with Crippen molar-refractivity contribution in [2.24, 2.45) is 11.5 Å². The van der Waals surface area contributed by atoms with Crippen molar-refractivity contribution in [2.45, 2.75) is 90.1 Å². The Morgan fingerprint density at radius 3 is 2.08 bits per heavy atom.